The third kappa shape index (κ3) is 6.89. The van der Waals surface area contributed by atoms with Gasteiger partial charge in [-0.25, -0.2) is 0 Å². The number of nitrogens with one attached hydrogen (secondary N) is 2. The molecule has 1 aliphatic rings. The Hall–Kier alpha value is -2.90. The van der Waals surface area contributed by atoms with E-state index in [1.807, 2.05) is 32.0 Å². The standard InChI is InChI=1S/C22H27N3O4/c1-16-11-17(2)13-20(12-16)29-15-22(27)24-19-5-3-18(4-6-19)23-21(26)14-25-7-9-28-10-8-25/h3-6,11-13H,7-10,14-15H2,1-2H3,(H,23,26)(H,24,27). The zero-order chi connectivity index (χ0) is 20.6. The summed E-state index contributed by atoms with van der Waals surface area (Å²) in [5, 5.41) is 5.66. The van der Waals surface area contributed by atoms with Gasteiger partial charge in [0.05, 0.1) is 19.8 Å². The molecule has 0 aromatic heterocycles. The van der Waals surface area contributed by atoms with Crippen LogP contribution in [0.1, 0.15) is 11.1 Å². The summed E-state index contributed by atoms with van der Waals surface area (Å²) in [4.78, 5) is 26.3. The van der Waals surface area contributed by atoms with Gasteiger partial charge in [-0.15, -0.1) is 0 Å². The van der Waals surface area contributed by atoms with Gasteiger partial charge < -0.3 is 20.1 Å². The van der Waals surface area contributed by atoms with E-state index in [-0.39, 0.29) is 18.4 Å². The number of carbonyl (C=O) groups excluding carboxylic acids is 2. The van der Waals surface area contributed by atoms with E-state index in [0.29, 0.717) is 36.9 Å². The molecule has 1 aliphatic heterocycles. The lowest BCUT2D eigenvalue weighted by atomic mass is 10.1. The zero-order valence-electron chi connectivity index (χ0n) is 16.9. The largest absolute Gasteiger partial charge is 0.484 e. The minimum atomic E-state index is -0.242. The van der Waals surface area contributed by atoms with Crippen molar-refractivity contribution in [2.75, 3.05) is 50.1 Å². The monoisotopic (exact) mass is 397 g/mol. The molecule has 3 rings (SSSR count). The van der Waals surface area contributed by atoms with Crippen LogP contribution in [-0.4, -0.2) is 56.2 Å². The molecule has 7 nitrogen and oxygen atoms in total. The van der Waals surface area contributed by atoms with Gasteiger partial charge in [-0.3, -0.25) is 14.5 Å². The molecule has 154 valence electrons. The summed E-state index contributed by atoms with van der Waals surface area (Å²) in [7, 11) is 0. The molecule has 29 heavy (non-hydrogen) atoms. The molecule has 2 aromatic rings. The Labute approximate surface area is 171 Å². The fourth-order valence-corrected chi connectivity index (χ4v) is 3.16. The maximum absolute atomic E-state index is 12.1. The molecule has 0 saturated carbocycles. The first kappa shape index (κ1) is 20.8. The summed E-state index contributed by atoms with van der Waals surface area (Å²) in [6.07, 6.45) is 0. The van der Waals surface area contributed by atoms with E-state index in [9.17, 15) is 9.59 Å². The molecule has 0 spiro atoms. The van der Waals surface area contributed by atoms with Crippen molar-refractivity contribution in [3.05, 3.63) is 53.6 Å². The average molecular weight is 397 g/mol. The summed E-state index contributed by atoms with van der Waals surface area (Å²) in [5.74, 6) is 0.370. The molecule has 2 N–H and O–H groups in total. The van der Waals surface area contributed by atoms with Crippen LogP contribution in [0.4, 0.5) is 11.4 Å². The maximum atomic E-state index is 12.1. The average Bonchev–Trinajstić information content (AvgIpc) is 2.68. The Bertz CT molecular complexity index is 825. The number of rotatable bonds is 7. The third-order valence-electron chi connectivity index (χ3n) is 4.49. The Balaban J connectivity index is 1.44. The van der Waals surface area contributed by atoms with Gasteiger partial charge in [0.15, 0.2) is 6.61 Å². The number of ether oxygens (including phenoxy) is 2. The molecule has 0 bridgehead atoms. The molecular weight excluding hydrogens is 370 g/mol. The van der Waals surface area contributed by atoms with E-state index in [4.69, 9.17) is 9.47 Å². The normalized spacial score (nSPS) is 14.3. The van der Waals surface area contributed by atoms with E-state index < -0.39 is 0 Å². The van der Waals surface area contributed by atoms with Crippen LogP contribution in [0.3, 0.4) is 0 Å². The van der Waals surface area contributed by atoms with Crippen LogP contribution < -0.4 is 15.4 Å². The van der Waals surface area contributed by atoms with E-state index >= 15 is 0 Å². The van der Waals surface area contributed by atoms with Crippen LogP contribution in [0.5, 0.6) is 5.75 Å². The molecule has 1 saturated heterocycles. The first-order valence-corrected chi connectivity index (χ1v) is 9.69. The van der Waals surface area contributed by atoms with E-state index in [0.717, 1.165) is 24.2 Å². The number of amides is 2. The quantitative estimate of drug-likeness (QED) is 0.751. The van der Waals surface area contributed by atoms with Gasteiger partial charge in [-0.1, -0.05) is 6.07 Å². The van der Waals surface area contributed by atoms with Crippen molar-refractivity contribution in [1.29, 1.82) is 0 Å². The van der Waals surface area contributed by atoms with Crippen LogP contribution in [0, 0.1) is 13.8 Å². The van der Waals surface area contributed by atoms with Gasteiger partial charge in [0.2, 0.25) is 5.91 Å². The Morgan fingerprint density at radius 3 is 2.07 bits per heavy atom. The molecule has 0 radical (unpaired) electrons. The van der Waals surface area contributed by atoms with E-state index in [1.165, 1.54) is 0 Å². The van der Waals surface area contributed by atoms with Crippen LogP contribution in [0.25, 0.3) is 0 Å². The van der Waals surface area contributed by atoms with Crippen LogP contribution in [0.2, 0.25) is 0 Å². The predicted molar refractivity (Wildman–Crippen MR) is 112 cm³/mol. The minimum absolute atomic E-state index is 0.0643. The number of hydrogen-bond donors (Lipinski definition) is 2. The molecule has 7 heteroatoms. The zero-order valence-corrected chi connectivity index (χ0v) is 16.9. The van der Waals surface area contributed by atoms with Crippen LogP contribution in [0.15, 0.2) is 42.5 Å². The highest BCUT2D eigenvalue weighted by Gasteiger charge is 2.14. The highest BCUT2D eigenvalue weighted by molar-refractivity contribution is 5.94. The predicted octanol–water partition coefficient (Wildman–Crippen LogP) is 2.59. The molecule has 2 aromatic carbocycles. The fourth-order valence-electron chi connectivity index (χ4n) is 3.16. The first-order chi connectivity index (χ1) is 14.0. The summed E-state index contributed by atoms with van der Waals surface area (Å²) in [6, 6.07) is 12.9. The molecule has 2 amide bonds. The fraction of sp³-hybridized carbons (Fsp3) is 0.364. The smallest absolute Gasteiger partial charge is 0.262 e. The first-order valence-electron chi connectivity index (χ1n) is 9.69. The highest BCUT2D eigenvalue weighted by atomic mass is 16.5. The lowest BCUT2D eigenvalue weighted by Gasteiger charge is -2.25. The number of hydrogen-bond acceptors (Lipinski definition) is 5. The number of aryl methyl sites for hydroxylation is 2. The van der Waals surface area contributed by atoms with Gasteiger partial charge in [0.1, 0.15) is 5.75 Å². The minimum Gasteiger partial charge on any atom is -0.484 e. The van der Waals surface area contributed by atoms with Gasteiger partial charge in [0, 0.05) is 24.5 Å². The summed E-state index contributed by atoms with van der Waals surface area (Å²) < 4.78 is 10.8. The van der Waals surface area contributed by atoms with E-state index in [2.05, 4.69) is 15.5 Å². The second-order valence-corrected chi connectivity index (χ2v) is 7.17. The van der Waals surface area contributed by atoms with Crippen LogP contribution >= 0.6 is 0 Å². The number of anilines is 2. The van der Waals surface area contributed by atoms with Crippen molar-refractivity contribution < 1.29 is 19.1 Å². The van der Waals surface area contributed by atoms with Crippen LogP contribution in [-0.2, 0) is 14.3 Å². The SMILES string of the molecule is Cc1cc(C)cc(OCC(=O)Nc2ccc(NC(=O)CN3CCOCC3)cc2)c1. The second-order valence-electron chi connectivity index (χ2n) is 7.17. The highest BCUT2D eigenvalue weighted by Crippen LogP contribution is 2.17. The molecular formula is C22H27N3O4. The van der Waals surface area contributed by atoms with Crippen molar-refractivity contribution in [3.63, 3.8) is 0 Å². The van der Waals surface area contributed by atoms with Gasteiger partial charge >= 0.3 is 0 Å². The topological polar surface area (TPSA) is 79.9 Å². The molecule has 1 heterocycles. The Kier molecular flexibility index (Phi) is 7.21. The number of nitrogens with zero attached hydrogens (tertiary/aromatic N) is 1. The van der Waals surface area contributed by atoms with Gasteiger partial charge in [-0.05, 0) is 61.4 Å². The second kappa shape index (κ2) is 10.0. The van der Waals surface area contributed by atoms with Gasteiger partial charge in [0.25, 0.3) is 5.91 Å². The van der Waals surface area contributed by atoms with Crippen molar-refractivity contribution in [2.45, 2.75) is 13.8 Å². The number of benzene rings is 2. The van der Waals surface area contributed by atoms with Crippen molar-refractivity contribution in [1.82, 2.24) is 4.90 Å². The summed E-state index contributed by atoms with van der Waals surface area (Å²) in [5.41, 5.74) is 3.51. The van der Waals surface area contributed by atoms with Crippen molar-refractivity contribution >= 4 is 23.2 Å². The Morgan fingerprint density at radius 1 is 0.931 bits per heavy atom. The Morgan fingerprint density at radius 2 is 1.48 bits per heavy atom. The van der Waals surface area contributed by atoms with Gasteiger partial charge in [-0.2, -0.15) is 0 Å². The molecule has 0 aliphatic carbocycles. The third-order valence-corrected chi connectivity index (χ3v) is 4.49. The maximum Gasteiger partial charge on any atom is 0.262 e. The lowest BCUT2D eigenvalue weighted by Crippen LogP contribution is -2.41. The summed E-state index contributed by atoms with van der Waals surface area (Å²) in [6.45, 7) is 7.11. The number of carbonyl (C=O) groups is 2. The molecule has 0 atom stereocenters. The summed E-state index contributed by atoms with van der Waals surface area (Å²) >= 11 is 0. The molecule has 0 unspecified atom stereocenters. The van der Waals surface area contributed by atoms with Crippen molar-refractivity contribution in [3.8, 4) is 5.75 Å². The number of morpholine rings is 1. The van der Waals surface area contributed by atoms with E-state index in [1.54, 1.807) is 24.3 Å². The lowest BCUT2D eigenvalue weighted by molar-refractivity contribution is -0.119. The molecule has 1 fully saturated rings. The van der Waals surface area contributed by atoms with Crippen molar-refractivity contribution in [2.24, 2.45) is 0 Å².